The van der Waals surface area contributed by atoms with Gasteiger partial charge >= 0.3 is 0 Å². The maximum absolute atomic E-state index is 7.27. The van der Waals surface area contributed by atoms with E-state index in [0.29, 0.717) is 17.9 Å². The van der Waals surface area contributed by atoms with Crippen LogP contribution >= 0.6 is 0 Å². The van der Waals surface area contributed by atoms with E-state index in [1.54, 1.807) is 5.57 Å². The first-order valence-corrected chi connectivity index (χ1v) is 12.4. The van der Waals surface area contributed by atoms with Crippen LogP contribution in [0.5, 0.6) is 0 Å². The summed E-state index contributed by atoms with van der Waals surface area (Å²) >= 11 is 0. The first-order chi connectivity index (χ1) is 15.0. The molecule has 7 rings (SSSR count). The van der Waals surface area contributed by atoms with Crippen LogP contribution in [0.4, 0.5) is 0 Å². The molecule has 2 aromatic rings. The summed E-state index contributed by atoms with van der Waals surface area (Å²) in [5.74, 6) is 1.21. The highest BCUT2D eigenvalue weighted by Gasteiger charge is 2.66. The molecule has 2 aliphatic heterocycles. The molecular formula is C29H33NO. The molecule has 2 nitrogen and oxygen atoms in total. The lowest BCUT2D eigenvalue weighted by Crippen LogP contribution is -2.54. The summed E-state index contributed by atoms with van der Waals surface area (Å²) in [5, 5.41) is 2.71. The molecule has 2 heteroatoms. The third kappa shape index (κ3) is 2.36. The van der Waals surface area contributed by atoms with Crippen molar-refractivity contribution in [3.05, 3.63) is 71.3 Å². The quantitative estimate of drug-likeness (QED) is 0.588. The van der Waals surface area contributed by atoms with Crippen LogP contribution in [0.1, 0.15) is 69.8 Å². The molecule has 1 saturated heterocycles. The minimum Gasteiger partial charge on any atom is -0.359 e. The zero-order valence-corrected chi connectivity index (χ0v) is 18.6. The second-order valence-corrected chi connectivity index (χ2v) is 11.3. The Bertz CT molecular complexity index is 1150. The number of rotatable bonds is 1. The summed E-state index contributed by atoms with van der Waals surface area (Å²) in [6.07, 6.45) is 14.4. The van der Waals surface area contributed by atoms with Crippen molar-refractivity contribution in [2.24, 2.45) is 17.1 Å². The Morgan fingerprint density at radius 3 is 2.77 bits per heavy atom. The van der Waals surface area contributed by atoms with Gasteiger partial charge in [0.2, 0.25) is 0 Å². The molecule has 2 aromatic carbocycles. The molecule has 5 aliphatic rings. The van der Waals surface area contributed by atoms with Gasteiger partial charge in [-0.2, -0.15) is 0 Å². The largest absolute Gasteiger partial charge is 0.359 e. The Labute approximate surface area is 185 Å². The van der Waals surface area contributed by atoms with Crippen molar-refractivity contribution in [2.75, 3.05) is 0 Å². The highest BCUT2D eigenvalue weighted by atomic mass is 16.5. The van der Waals surface area contributed by atoms with Crippen LogP contribution in [0.3, 0.4) is 0 Å². The van der Waals surface area contributed by atoms with Gasteiger partial charge in [0.15, 0.2) is 0 Å². The molecule has 2 spiro atoms. The van der Waals surface area contributed by atoms with E-state index < -0.39 is 0 Å². The molecule has 0 unspecified atom stereocenters. The number of benzene rings is 2. The van der Waals surface area contributed by atoms with Crippen LogP contribution < -0.4 is 5.73 Å². The Hall–Kier alpha value is -1.90. The van der Waals surface area contributed by atoms with Crippen LogP contribution in [0.15, 0.2) is 65.8 Å². The second-order valence-electron chi connectivity index (χ2n) is 11.3. The molecule has 2 N–H and O–H groups in total. The van der Waals surface area contributed by atoms with E-state index in [0.717, 1.165) is 25.7 Å². The number of nitrogens with two attached hydrogens (primary N) is 1. The van der Waals surface area contributed by atoms with E-state index in [2.05, 4.69) is 61.5 Å². The highest BCUT2D eigenvalue weighted by Crippen LogP contribution is 2.69. The van der Waals surface area contributed by atoms with Crippen molar-refractivity contribution in [3.8, 4) is 0 Å². The van der Waals surface area contributed by atoms with Gasteiger partial charge in [-0.25, -0.2) is 0 Å². The first-order valence-electron chi connectivity index (χ1n) is 12.4. The zero-order valence-electron chi connectivity index (χ0n) is 18.6. The topological polar surface area (TPSA) is 35.2 Å². The van der Waals surface area contributed by atoms with E-state index in [1.807, 2.05) is 0 Å². The summed E-state index contributed by atoms with van der Waals surface area (Å²) in [5.41, 5.74) is 11.1. The van der Waals surface area contributed by atoms with E-state index >= 15 is 0 Å². The van der Waals surface area contributed by atoms with Crippen molar-refractivity contribution < 1.29 is 4.74 Å². The Kier molecular flexibility index (Phi) is 3.68. The maximum atomic E-state index is 7.27. The number of hydrogen-bond donors (Lipinski definition) is 1. The standard InChI is InChI=1S/C29H33NO/c1-27-13-12-23-17-22-8-9-24(30)18-28(22)14-15-29(23,31-28)26(27)11-10-25(27)21-7-6-19-4-2-3-5-20(19)16-21/h2-7,12,16-17,24-26H,8-11,13-15,18,30H2,1H3/t24-,25-,26-,27-,28-,29-/m1/s1. The van der Waals surface area contributed by atoms with E-state index in [4.69, 9.17) is 10.5 Å². The third-order valence-electron chi connectivity index (χ3n) is 9.89. The Balaban J connectivity index is 1.31. The molecular weight excluding hydrogens is 378 g/mol. The normalized spacial score (nSPS) is 43.1. The monoisotopic (exact) mass is 411 g/mol. The molecule has 160 valence electrons. The Morgan fingerprint density at radius 1 is 1.00 bits per heavy atom. The Morgan fingerprint density at radius 2 is 1.87 bits per heavy atom. The molecule has 0 aromatic heterocycles. The SMILES string of the molecule is C[C@]12CC=C3C=C4CC[C@@H](N)C[C@]45CC[C@]3(O5)[C@@H]1CC[C@@H]2c1ccc2ccccc2c1. The van der Waals surface area contributed by atoms with Crippen LogP contribution in [0.25, 0.3) is 10.8 Å². The summed E-state index contributed by atoms with van der Waals surface area (Å²) in [6.45, 7) is 2.56. The number of ether oxygens (including phenoxy) is 1. The van der Waals surface area contributed by atoms with Gasteiger partial charge in [-0.05, 0) is 96.1 Å². The van der Waals surface area contributed by atoms with E-state index in [9.17, 15) is 0 Å². The van der Waals surface area contributed by atoms with Gasteiger partial charge in [-0.1, -0.05) is 61.5 Å². The van der Waals surface area contributed by atoms with Crippen molar-refractivity contribution >= 4 is 10.8 Å². The lowest BCUT2D eigenvalue weighted by Gasteiger charge is -2.54. The fourth-order valence-electron chi connectivity index (χ4n) is 8.42. The summed E-state index contributed by atoms with van der Waals surface area (Å²) < 4.78 is 7.27. The van der Waals surface area contributed by atoms with E-state index in [-0.39, 0.29) is 16.6 Å². The zero-order chi connectivity index (χ0) is 20.8. The molecule has 0 amide bonds. The van der Waals surface area contributed by atoms with Gasteiger partial charge in [0, 0.05) is 6.04 Å². The first kappa shape index (κ1) is 18.7. The van der Waals surface area contributed by atoms with Crippen LogP contribution in [-0.4, -0.2) is 17.2 Å². The smallest absolute Gasteiger partial charge is 0.0974 e. The van der Waals surface area contributed by atoms with Gasteiger partial charge in [0.25, 0.3) is 0 Å². The predicted molar refractivity (Wildman–Crippen MR) is 126 cm³/mol. The average molecular weight is 412 g/mol. The van der Waals surface area contributed by atoms with Gasteiger partial charge in [-0.3, -0.25) is 0 Å². The molecule has 2 bridgehead atoms. The highest BCUT2D eigenvalue weighted by molar-refractivity contribution is 5.83. The molecule has 6 atom stereocenters. The lowest BCUT2D eigenvalue weighted by molar-refractivity contribution is -0.135. The van der Waals surface area contributed by atoms with Crippen molar-refractivity contribution in [3.63, 3.8) is 0 Å². The van der Waals surface area contributed by atoms with Crippen LogP contribution in [0, 0.1) is 11.3 Å². The molecule has 3 aliphatic carbocycles. The number of allylic oxidation sites excluding steroid dienone is 1. The van der Waals surface area contributed by atoms with E-state index in [1.165, 1.54) is 47.6 Å². The predicted octanol–water partition coefficient (Wildman–Crippen LogP) is 6.41. The van der Waals surface area contributed by atoms with Gasteiger partial charge < -0.3 is 10.5 Å². The van der Waals surface area contributed by atoms with Crippen molar-refractivity contribution in [2.45, 2.75) is 81.5 Å². The fourth-order valence-corrected chi connectivity index (χ4v) is 8.42. The van der Waals surface area contributed by atoms with Crippen LogP contribution in [-0.2, 0) is 4.74 Å². The van der Waals surface area contributed by atoms with Crippen molar-refractivity contribution in [1.82, 2.24) is 0 Å². The minimum absolute atomic E-state index is 0.0612. The second kappa shape index (κ2) is 6.11. The lowest BCUT2D eigenvalue weighted by atomic mass is 9.58. The summed E-state index contributed by atoms with van der Waals surface area (Å²) in [6, 6.07) is 16.2. The summed E-state index contributed by atoms with van der Waals surface area (Å²) in [7, 11) is 0. The molecule has 2 saturated carbocycles. The maximum Gasteiger partial charge on any atom is 0.0974 e. The third-order valence-corrected chi connectivity index (χ3v) is 9.89. The number of fused-ring (bicyclic) bond motifs is 2. The number of hydrogen-bond acceptors (Lipinski definition) is 2. The minimum atomic E-state index is -0.0703. The molecule has 0 radical (unpaired) electrons. The molecule has 31 heavy (non-hydrogen) atoms. The summed E-state index contributed by atoms with van der Waals surface area (Å²) in [4.78, 5) is 0. The van der Waals surface area contributed by atoms with Crippen LogP contribution in [0.2, 0.25) is 0 Å². The molecule has 3 fully saturated rings. The van der Waals surface area contributed by atoms with Gasteiger partial charge in [0.1, 0.15) is 0 Å². The fraction of sp³-hybridized carbons (Fsp3) is 0.517. The van der Waals surface area contributed by atoms with Gasteiger partial charge in [-0.15, -0.1) is 0 Å². The average Bonchev–Trinajstić information content (AvgIpc) is 3.28. The van der Waals surface area contributed by atoms with Crippen molar-refractivity contribution in [1.29, 1.82) is 0 Å². The molecule has 2 heterocycles. The van der Waals surface area contributed by atoms with Gasteiger partial charge in [0.05, 0.1) is 11.2 Å².